The van der Waals surface area contributed by atoms with E-state index in [0.717, 1.165) is 23.1 Å². The van der Waals surface area contributed by atoms with Crippen LogP contribution in [0, 0.1) is 5.82 Å². The van der Waals surface area contributed by atoms with E-state index in [2.05, 4.69) is 5.32 Å². The number of nitrogens with one attached hydrogen (secondary N) is 1. The summed E-state index contributed by atoms with van der Waals surface area (Å²) in [5, 5.41) is 2.97. The molecular formula is C18H14FNO2. The minimum absolute atomic E-state index is 0.123. The van der Waals surface area contributed by atoms with Crippen molar-refractivity contribution in [3.05, 3.63) is 76.6 Å². The average molecular weight is 295 g/mol. The van der Waals surface area contributed by atoms with Crippen LogP contribution < -0.4 is 5.32 Å². The van der Waals surface area contributed by atoms with Crippen molar-refractivity contribution in [3.8, 4) is 0 Å². The van der Waals surface area contributed by atoms with E-state index in [1.807, 2.05) is 24.3 Å². The lowest BCUT2D eigenvalue weighted by Crippen LogP contribution is -2.39. The third kappa shape index (κ3) is 1.88. The number of rotatable bonds is 1. The van der Waals surface area contributed by atoms with Crippen molar-refractivity contribution >= 4 is 12.0 Å². The van der Waals surface area contributed by atoms with E-state index < -0.39 is 5.72 Å². The van der Waals surface area contributed by atoms with Crippen LogP contribution in [0.15, 0.2) is 54.1 Å². The normalized spacial score (nSPS) is 24.8. The van der Waals surface area contributed by atoms with E-state index in [0.29, 0.717) is 12.2 Å². The van der Waals surface area contributed by atoms with E-state index in [9.17, 15) is 9.18 Å². The molecule has 0 aromatic heterocycles. The molecule has 3 nitrogen and oxygen atoms in total. The molecule has 1 atom stereocenters. The van der Waals surface area contributed by atoms with Gasteiger partial charge in [0.25, 0.3) is 5.91 Å². The molecule has 0 radical (unpaired) electrons. The van der Waals surface area contributed by atoms with E-state index in [-0.39, 0.29) is 11.7 Å². The van der Waals surface area contributed by atoms with Crippen LogP contribution in [0.4, 0.5) is 4.39 Å². The van der Waals surface area contributed by atoms with Crippen molar-refractivity contribution in [2.45, 2.75) is 12.1 Å². The summed E-state index contributed by atoms with van der Waals surface area (Å²) in [7, 11) is 0. The van der Waals surface area contributed by atoms with Crippen molar-refractivity contribution in [2.24, 2.45) is 0 Å². The van der Waals surface area contributed by atoms with Gasteiger partial charge in [0.2, 0.25) is 0 Å². The van der Waals surface area contributed by atoms with Crippen LogP contribution in [0.3, 0.4) is 0 Å². The fourth-order valence-electron chi connectivity index (χ4n) is 3.17. The van der Waals surface area contributed by atoms with Gasteiger partial charge in [-0.2, -0.15) is 0 Å². The Morgan fingerprint density at radius 3 is 2.73 bits per heavy atom. The van der Waals surface area contributed by atoms with Gasteiger partial charge in [0.1, 0.15) is 5.82 Å². The third-order valence-electron chi connectivity index (χ3n) is 4.19. The van der Waals surface area contributed by atoms with Crippen LogP contribution >= 0.6 is 0 Å². The van der Waals surface area contributed by atoms with E-state index in [1.54, 1.807) is 18.2 Å². The van der Waals surface area contributed by atoms with Crippen molar-refractivity contribution < 1.29 is 13.9 Å². The minimum Gasteiger partial charge on any atom is -0.347 e. The fourth-order valence-corrected chi connectivity index (χ4v) is 3.17. The maximum absolute atomic E-state index is 13.0. The first-order valence-electron chi connectivity index (χ1n) is 7.22. The Morgan fingerprint density at radius 1 is 1.14 bits per heavy atom. The van der Waals surface area contributed by atoms with Crippen molar-refractivity contribution in [2.75, 3.05) is 6.61 Å². The van der Waals surface area contributed by atoms with Gasteiger partial charge in [0.15, 0.2) is 5.72 Å². The summed E-state index contributed by atoms with van der Waals surface area (Å²) in [6.45, 7) is 0.543. The minimum atomic E-state index is -0.873. The molecule has 1 fully saturated rings. The van der Waals surface area contributed by atoms with Gasteiger partial charge >= 0.3 is 0 Å². The number of amides is 1. The topological polar surface area (TPSA) is 38.3 Å². The number of carbonyl (C=O) groups excluding carboxylic acids is 1. The van der Waals surface area contributed by atoms with Gasteiger partial charge < -0.3 is 10.1 Å². The summed E-state index contributed by atoms with van der Waals surface area (Å²) in [5.41, 5.74) is 2.50. The van der Waals surface area contributed by atoms with Gasteiger partial charge in [-0.15, -0.1) is 0 Å². The lowest BCUT2D eigenvalue weighted by atomic mass is 9.93. The Morgan fingerprint density at radius 2 is 1.91 bits per heavy atom. The molecule has 0 aliphatic carbocycles. The summed E-state index contributed by atoms with van der Waals surface area (Å²) >= 11 is 0. The van der Waals surface area contributed by atoms with Gasteiger partial charge in [0, 0.05) is 11.1 Å². The smallest absolute Gasteiger partial charge is 0.254 e. The lowest BCUT2D eigenvalue weighted by Gasteiger charge is -2.26. The Labute approximate surface area is 127 Å². The van der Waals surface area contributed by atoms with Crippen LogP contribution in [-0.2, 0) is 10.5 Å². The zero-order valence-corrected chi connectivity index (χ0v) is 11.8. The molecule has 0 saturated carbocycles. The van der Waals surface area contributed by atoms with Crippen molar-refractivity contribution in [1.29, 1.82) is 0 Å². The summed E-state index contributed by atoms with van der Waals surface area (Å²) in [6, 6.07) is 13.8. The molecule has 1 spiro atoms. The van der Waals surface area contributed by atoms with Crippen LogP contribution in [0.25, 0.3) is 6.08 Å². The van der Waals surface area contributed by atoms with E-state index in [1.165, 1.54) is 12.1 Å². The Balaban J connectivity index is 1.82. The zero-order valence-electron chi connectivity index (χ0n) is 11.8. The quantitative estimate of drug-likeness (QED) is 0.877. The van der Waals surface area contributed by atoms with Crippen molar-refractivity contribution in [3.63, 3.8) is 0 Å². The number of fused-ring (bicyclic) bond motifs is 2. The summed E-state index contributed by atoms with van der Waals surface area (Å²) in [6.07, 6.45) is 2.70. The van der Waals surface area contributed by atoms with Gasteiger partial charge in [-0.3, -0.25) is 4.79 Å². The second-order valence-corrected chi connectivity index (χ2v) is 5.50. The summed E-state index contributed by atoms with van der Waals surface area (Å²) < 4.78 is 19.0. The molecule has 2 aromatic rings. The standard InChI is InChI=1S/C18H14FNO2/c19-14-7-5-12(6-8-14)11-13-9-10-22-18(13)16-4-2-1-3-15(16)17(21)20-18/h1-8,11H,9-10H2,(H,20,21)/b13-11+/t18-/m1/s1. The molecule has 0 unspecified atom stereocenters. The highest BCUT2D eigenvalue weighted by Crippen LogP contribution is 2.44. The molecule has 2 aliphatic heterocycles. The second kappa shape index (κ2) is 4.78. The maximum Gasteiger partial charge on any atom is 0.254 e. The van der Waals surface area contributed by atoms with Crippen LogP contribution in [0.5, 0.6) is 0 Å². The molecule has 4 heteroatoms. The molecule has 2 aromatic carbocycles. The number of hydrogen-bond donors (Lipinski definition) is 1. The van der Waals surface area contributed by atoms with Gasteiger partial charge in [-0.1, -0.05) is 36.4 Å². The highest BCUT2D eigenvalue weighted by molar-refractivity contribution is 6.00. The number of halogens is 1. The third-order valence-corrected chi connectivity index (χ3v) is 4.19. The van der Waals surface area contributed by atoms with Crippen LogP contribution in [0.1, 0.15) is 27.9 Å². The Kier molecular flexibility index (Phi) is 2.87. The molecule has 110 valence electrons. The monoisotopic (exact) mass is 295 g/mol. The predicted molar refractivity (Wildman–Crippen MR) is 80.5 cm³/mol. The highest BCUT2D eigenvalue weighted by Gasteiger charge is 2.49. The first-order chi connectivity index (χ1) is 10.7. The molecule has 1 N–H and O–H groups in total. The second-order valence-electron chi connectivity index (χ2n) is 5.50. The molecule has 2 aliphatic rings. The van der Waals surface area contributed by atoms with Gasteiger partial charge in [-0.25, -0.2) is 4.39 Å². The zero-order chi connectivity index (χ0) is 15.2. The molecular weight excluding hydrogens is 281 g/mol. The maximum atomic E-state index is 13.0. The fraction of sp³-hybridized carbons (Fsp3) is 0.167. The predicted octanol–water partition coefficient (Wildman–Crippen LogP) is 3.23. The Hall–Kier alpha value is -2.46. The number of ether oxygens (including phenoxy) is 1. The van der Waals surface area contributed by atoms with E-state index >= 15 is 0 Å². The summed E-state index contributed by atoms with van der Waals surface area (Å²) in [5.74, 6) is -0.387. The van der Waals surface area contributed by atoms with Crippen LogP contribution in [0.2, 0.25) is 0 Å². The van der Waals surface area contributed by atoms with E-state index in [4.69, 9.17) is 4.74 Å². The molecule has 1 amide bonds. The largest absolute Gasteiger partial charge is 0.347 e. The molecule has 2 heterocycles. The first-order valence-corrected chi connectivity index (χ1v) is 7.22. The van der Waals surface area contributed by atoms with Gasteiger partial charge in [0.05, 0.1) is 6.61 Å². The Bertz CT molecular complexity index is 782. The number of carbonyl (C=O) groups is 1. The SMILES string of the molecule is O=C1N[C@]2(OCC/C2=C\c2ccc(F)cc2)c2ccccc21. The molecule has 1 saturated heterocycles. The lowest BCUT2D eigenvalue weighted by molar-refractivity contribution is 0.00401. The van der Waals surface area contributed by atoms with Crippen LogP contribution in [-0.4, -0.2) is 12.5 Å². The molecule has 4 rings (SSSR count). The number of benzene rings is 2. The van der Waals surface area contributed by atoms with Crippen molar-refractivity contribution in [1.82, 2.24) is 5.32 Å². The highest BCUT2D eigenvalue weighted by atomic mass is 19.1. The summed E-state index contributed by atoms with van der Waals surface area (Å²) in [4.78, 5) is 12.2. The molecule has 0 bridgehead atoms. The first kappa shape index (κ1) is 13.2. The molecule has 22 heavy (non-hydrogen) atoms. The van der Waals surface area contributed by atoms with Gasteiger partial charge in [-0.05, 0) is 35.8 Å². The number of hydrogen-bond acceptors (Lipinski definition) is 2. The average Bonchev–Trinajstić information content (AvgIpc) is 3.05.